The number of thiophene rings is 1. The maximum Gasteiger partial charge on any atom is 0.261 e. The lowest BCUT2D eigenvalue weighted by atomic mass is 10.2. The minimum absolute atomic E-state index is 0.0859. The van der Waals surface area contributed by atoms with Crippen LogP contribution in [0.1, 0.15) is 20.8 Å². The summed E-state index contributed by atoms with van der Waals surface area (Å²) in [7, 11) is 1.65. The van der Waals surface area contributed by atoms with Crippen LogP contribution < -0.4 is 10.6 Å². The molecule has 0 aromatic carbocycles. The van der Waals surface area contributed by atoms with E-state index in [0.29, 0.717) is 24.6 Å². The summed E-state index contributed by atoms with van der Waals surface area (Å²) in [5, 5.41) is 7.11. The topological polar surface area (TPSA) is 89.0 Å². The summed E-state index contributed by atoms with van der Waals surface area (Å²) in [6.07, 6.45) is 5.80. The predicted octanol–water partition coefficient (Wildman–Crippen LogP) is 2.43. The van der Waals surface area contributed by atoms with Gasteiger partial charge in [0.2, 0.25) is 0 Å². The largest absolute Gasteiger partial charge is 0.383 e. The van der Waals surface area contributed by atoms with Gasteiger partial charge in [0, 0.05) is 32.6 Å². The molecule has 2 N–H and O–H groups in total. The normalized spacial score (nSPS) is 10.8. The second-order valence-electron chi connectivity index (χ2n) is 5.75. The summed E-state index contributed by atoms with van der Waals surface area (Å²) in [6.45, 7) is 3.71. The molecule has 3 aromatic heterocycles. The Morgan fingerprint density at radius 2 is 2.19 bits per heavy atom. The number of carbonyl (C=O) groups is 1. The zero-order valence-corrected chi connectivity index (χ0v) is 15.6. The molecule has 0 aliphatic rings. The van der Waals surface area contributed by atoms with Crippen molar-refractivity contribution < 1.29 is 9.53 Å². The van der Waals surface area contributed by atoms with Gasteiger partial charge in [-0.25, -0.2) is 9.97 Å². The summed E-state index contributed by atoms with van der Waals surface area (Å²) in [6, 6.07) is 3.89. The summed E-state index contributed by atoms with van der Waals surface area (Å²) >= 11 is 1.38. The van der Waals surface area contributed by atoms with Crippen LogP contribution in [0, 0.1) is 6.92 Å². The van der Waals surface area contributed by atoms with Crippen LogP contribution >= 0.6 is 11.3 Å². The minimum atomic E-state index is -0.0859. The van der Waals surface area contributed by atoms with Gasteiger partial charge in [0.25, 0.3) is 5.91 Å². The molecule has 1 amide bonds. The monoisotopic (exact) mass is 371 g/mol. The van der Waals surface area contributed by atoms with Gasteiger partial charge in [0.05, 0.1) is 16.9 Å². The number of anilines is 1. The lowest BCUT2D eigenvalue weighted by molar-refractivity contribution is 0.0957. The summed E-state index contributed by atoms with van der Waals surface area (Å²) in [5.41, 5.74) is 1.99. The fourth-order valence-corrected chi connectivity index (χ4v) is 3.71. The Kier molecular flexibility index (Phi) is 6.08. The van der Waals surface area contributed by atoms with E-state index in [9.17, 15) is 4.79 Å². The number of methoxy groups -OCH3 is 1. The van der Waals surface area contributed by atoms with Gasteiger partial charge in [-0.15, -0.1) is 11.3 Å². The second-order valence-corrected chi connectivity index (χ2v) is 6.74. The number of carbonyl (C=O) groups excluding carboxylic acids is 1. The van der Waals surface area contributed by atoms with Crippen molar-refractivity contribution in [2.24, 2.45) is 0 Å². The van der Waals surface area contributed by atoms with Crippen LogP contribution in [0.4, 0.5) is 5.82 Å². The molecule has 0 bridgehead atoms. The van der Waals surface area contributed by atoms with E-state index in [1.165, 1.54) is 17.7 Å². The Labute approximate surface area is 155 Å². The third-order valence-corrected chi connectivity index (χ3v) is 5.15. The number of aromatic nitrogens is 3. The van der Waals surface area contributed by atoms with Crippen LogP contribution in [-0.4, -0.2) is 47.7 Å². The number of amides is 1. The van der Waals surface area contributed by atoms with Gasteiger partial charge in [0.15, 0.2) is 0 Å². The number of pyridine rings is 1. The van der Waals surface area contributed by atoms with Gasteiger partial charge >= 0.3 is 0 Å². The van der Waals surface area contributed by atoms with Gasteiger partial charge < -0.3 is 15.4 Å². The Balaban J connectivity index is 1.72. The van der Waals surface area contributed by atoms with Crippen molar-refractivity contribution >= 4 is 33.3 Å². The maximum atomic E-state index is 12.6. The second kappa shape index (κ2) is 8.68. The summed E-state index contributed by atoms with van der Waals surface area (Å²) in [5.74, 6) is 0.646. The number of nitrogens with one attached hydrogen (secondary N) is 2. The van der Waals surface area contributed by atoms with Crippen molar-refractivity contribution in [2.45, 2.75) is 13.3 Å². The molecule has 0 saturated carbocycles. The van der Waals surface area contributed by atoms with Gasteiger partial charge in [0.1, 0.15) is 17.0 Å². The van der Waals surface area contributed by atoms with E-state index in [1.54, 1.807) is 13.3 Å². The van der Waals surface area contributed by atoms with Crippen molar-refractivity contribution in [1.29, 1.82) is 0 Å². The van der Waals surface area contributed by atoms with Crippen LogP contribution in [-0.2, 0) is 11.2 Å². The first-order chi connectivity index (χ1) is 12.7. The van der Waals surface area contributed by atoms with Crippen LogP contribution in [0.2, 0.25) is 0 Å². The fraction of sp³-hybridized carbons (Fsp3) is 0.333. The number of hydrogen-bond donors (Lipinski definition) is 2. The first kappa shape index (κ1) is 18.2. The van der Waals surface area contributed by atoms with E-state index in [-0.39, 0.29) is 5.91 Å². The van der Waals surface area contributed by atoms with Crippen LogP contribution in [0.5, 0.6) is 0 Å². The highest BCUT2D eigenvalue weighted by Crippen LogP contribution is 2.33. The minimum Gasteiger partial charge on any atom is -0.383 e. The fourth-order valence-electron chi connectivity index (χ4n) is 2.64. The first-order valence-electron chi connectivity index (χ1n) is 8.34. The van der Waals surface area contributed by atoms with E-state index < -0.39 is 0 Å². The molecular formula is C18H21N5O2S. The standard InChI is InChI=1S/C18H21N5O2S/c1-12-14-16(20-8-9-25-2)22-11-23-18(14)26-15(12)17(24)21-7-5-13-4-3-6-19-10-13/h3-4,6,10-11H,5,7-9H2,1-2H3,(H,21,24)(H,20,22,23). The van der Waals surface area contributed by atoms with Gasteiger partial charge in [-0.1, -0.05) is 6.07 Å². The molecule has 3 heterocycles. The lowest BCUT2D eigenvalue weighted by Gasteiger charge is -2.07. The van der Waals surface area contributed by atoms with Crippen molar-refractivity contribution in [3.05, 3.63) is 46.9 Å². The molecule has 0 unspecified atom stereocenters. The summed E-state index contributed by atoms with van der Waals surface area (Å²) in [4.78, 5) is 26.8. The van der Waals surface area contributed by atoms with Crippen molar-refractivity contribution in [2.75, 3.05) is 32.1 Å². The Morgan fingerprint density at radius 3 is 2.96 bits per heavy atom. The molecule has 3 aromatic rings. The molecule has 0 radical (unpaired) electrons. The zero-order chi connectivity index (χ0) is 18.4. The quantitative estimate of drug-likeness (QED) is 0.591. The van der Waals surface area contributed by atoms with Gasteiger partial charge in [-0.3, -0.25) is 9.78 Å². The Bertz CT molecular complexity index is 882. The van der Waals surface area contributed by atoms with Crippen molar-refractivity contribution in [1.82, 2.24) is 20.3 Å². The first-order valence-corrected chi connectivity index (χ1v) is 9.16. The van der Waals surface area contributed by atoms with E-state index in [0.717, 1.165) is 33.6 Å². The highest BCUT2D eigenvalue weighted by atomic mass is 32.1. The molecular weight excluding hydrogens is 350 g/mol. The molecule has 0 atom stereocenters. The third kappa shape index (κ3) is 4.14. The highest BCUT2D eigenvalue weighted by Gasteiger charge is 2.19. The van der Waals surface area contributed by atoms with Crippen LogP contribution in [0.25, 0.3) is 10.2 Å². The number of aryl methyl sites for hydroxylation is 1. The molecule has 136 valence electrons. The Hall–Kier alpha value is -2.58. The molecule has 0 aliphatic heterocycles. The van der Waals surface area contributed by atoms with Crippen LogP contribution in [0.3, 0.4) is 0 Å². The molecule has 26 heavy (non-hydrogen) atoms. The SMILES string of the molecule is COCCNc1ncnc2sc(C(=O)NCCc3cccnc3)c(C)c12. The van der Waals surface area contributed by atoms with E-state index in [1.807, 2.05) is 25.3 Å². The number of ether oxygens (including phenoxy) is 1. The highest BCUT2D eigenvalue weighted by molar-refractivity contribution is 7.20. The molecule has 0 saturated heterocycles. The molecule has 0 spiro atoms. The number of nitrogens with zero attached hydrogens (tertiary/aromatic N) is 3. The molecule has 7 nitrogen and oxygen atoms in total. The van der Waals surface area contributed by atoms with Crippen molar-refractivity contribution in [3.63, 3.8) is 0 Å². The Morgan fingerprint density at radius 1 is 1.31 bits per heavy atom. The van der Waals surface area contributed by atoms with E-state index in [2.05, 4.69) is 25.6 Å². The predicted molar refractivity (Wildman–Crippen MR) is 103 cm³/mol. The molecule has 0 fully saturated rings. The number of hydrogen-bond acceptors (Lipinski definition) is 7. The van der Waals surface area contributed by atoms with E-state index in [4.69, 9.17) is 4.74 Å². The molecule has 3 rings (SSSR count). The van der Waals surface area contributed by atoms with Crippen LogP contribution in [0.15, 0.2) is 30.9 Å². The lowest BCUT2D eigenvalue weighted by Crippen LogP contribution is -2.25. The zero-order valence-electron chi connectivity index (χ0n) is 14.8. The number of fused-ring (bicyclic) bond motifs is 1. The van der Waals surface area contributed by atoms with Crippen molar-refractivity contribution in [3.8, 4) is 0 Å². The maximum absolute atomic E-state index is 12.6. The molecule has 0 aliphatic carbocycles. The molecule has 8 heteroatoms. The average Bonchev–Trinajstić information content (AvgIpc) is 3.00. The summed E-state index contributed by atoms with van der Waals surface area (Å²) < 4.78 is 5.06. The smallest absolute Gasteiger partial charge is 0.261 e. The van der Waals surface area contributed by atoms with Gasteiger partial charge in [-0.05, 0) is 30.5 Å². The van der Waals surface area contributed by atoms with Gasteiger partial charge in [-0.2, -0.15) is 0 Å². The average molecular weight is 371 g/mol. The third-order valence-electron chi connectivity index (χ3n) is 3.95. The van der Waals surface area contributed by atoms with E-state index >= 15 is 0 Å². The number of rotatable bonds is 8.